The lowest BCUT2D eigenvalue weighted by molar-refractivity contribution is -0.122. The van der Waals surface area contributed by atoms with Crippen LogP contribution in [0.15, 0.2) is 11.3 Å². The number of aliphatic hydroxyl groups excluding tert-OH is 1. The van der Waals surface area contributed by atoms with Gasteiger partial charge in [0, 0.05) is 12.0 Å². The third kappa shape index (κ3) is 1.94. The Kier molecular flexibility index (Phi) is 3.40. The molecule has 0 spiro atoms. The van der Waals surface area contributed by atoms with Crippen molar-refractivity contribution in [1.29, 1.82) is 0 Å². The van der Waals surface area contributed by atoms with Crippen LogP contribution in [0.4, 0.5) is 0 Å². The summed E-state index contributed by atoms with van der Waals surface area (Å²) >= 11 is 0. The van der Waals surface area contributed by atoms with Crippen LogP contribution in [0.5, 0.6) is 17.2 Å². The minimum absolute atomic E-state index is 0.0535. The third-order valence-corrected chi connectivity index (χ3v) is 4.55. The first kappa shape index (κ1) is 16.0. The first-order valence-corrected chi connectivity index (χ1v) is 7.40. The summed E-state index contributed by atoms with van der Waals surface area (Å²) in [4.78, 5) is 35.6. The minimum atomic E-state index is -0.936. The van der Waals surface area contributed by atoms with Gasteiger partial charge in [0.25, 0.3) is 0 Å². The monoisotopic (exact) mass is 332 g/mol. The molecule has 2 atom stereocenters. The van der Waals surface area contributed by atoms with Gasteiger partial charge in [-0.05, 0) is 20.8 Å². The zero-order chi connectivity index (χ0) is 17.9. The topological polar surface area (TPSA) is 121 Å². The van der Waals surface area contributed by atoms with E-state index >= 15 is 0 Å². The first-order chi connectivity index (χ1) is 11.2. The quantitative estimate of drug-likeness (QED) is 0.558. The number of allylic oxidation sites excluding steroid dienone is 1. The molecule has 24 heavy (non-hydrogen) atoms. The molecule has 0 saturated heterocycles. The fourth-order valence-electron chi connectivity index (χ4n) is 3.43. The van der Waals surface area contributed by atoms with Gasteiger partial charge in [-0.3, -0.25) is 14.4 Å². The van der Waals surface area contributed by atoms with E-state index in [-0.39, 0.29) is 40.2 Å². The summed E-state index contributed by atoms with van der Waals surface area (Å²) in [6.07, 6.45) is -1.02. The molecular weight excluding hydrogens is 316 g/mol. The van der Waals surface area contributed by atoms with Crippen LogP contribution in [0.25, 0.3) is 0 Å². The van der Waals surface area contributed by atoms with Gasteiger partial charge in [0.05, 0.1) is 17.1 Å². The second kappa shape index (κ2) is 5.09. The lowest BCUT2D eigenvalue weighted by Gasteiger charge is -2.25. The maximum absolute atomic E-state index is 12.1. The van der Waals surface area contributed by atoms with Crippen LogP contribution in [-0.2, 0) is 9.59 Å². The lowest BCUT2D eigenvalue weighted by Crippen LogP contribution is -2.33. The Morgan fingerprint density at radius 1 is 1.08 bits per heavy atom. The van der Waals surface area contributed by atoms with Crippen LogP contribution >= 0.6 is 0 Å². The Bertz CT molecular complexity index is 847. The molecule has 7 nitrogen and oxygen atoms in total. The van der Waals surface area contributed by atoms with Crippen LogP contribution in [0, 0.1) is 6.92 Å². The van der Waals surface area contributed by atoms with E-state index in [1.54, 1.807) is 0 Å². The number of hydrogen-bond acceptors (Lipinski definition) is 7. The number of hydrogen-bond donors (Lipinski definition) is 3. The van der Waals surface area contributed by atoms with Crippen molar-refractivity contribution in [3.05, 3.63) is 28.0 Å². The molecule has 1 aliphatic heterocycles. The van der Waals surface area contributed by atoms with Gasteiger partial charge in [-0.15, -0.1) is 0 Å². The molecule has 0 fully saturated rings. The molecule has 1 aromatic carbocycles. The molecule has 3 rings (SSSR count). The van der Waals surface area contributed by atoms with Crippen molar-refractivity contribution < 1.29 is 34.4 Å². The number of fused-ring (bicyclic) bond motifs is 3. The predicted molar refractivity (Wildman–Crippen MR) is 81.6 cm³/mol. The summed E-state index contributed by atoms with van der Waals surface area (Å²) in [6.45, 7) is 3.83. The molecule has 0 bridgehead atoms. The zero-order valence-corrected chi connectivity index (χ0v) is 13.3. The molecule has 2 unspecified atom stereocenters. The molecule has 3 N–H and O–H groups in total. The highest BCUT2D eigenvalue weighted by Crippen LogP contribution is 2.55. The Morgan fingerprint density at radius 3 is 2.25 bits per heavy atom. The number of aliphatic hydroxyl groups is 1. The van der Waals surface area contributed by atoms with E-state index in [0.29, 0.717) is 0 Å². The highest BCUT2D eigenvalue weighted by molar-refractivity contribution is 6.20. The van der Waals surface area contributed by atoms with E-state index in [9.17, 15) is 29.7 Å². The fourth-order valence-corrected chi connectivity index (χ4v) is 3.43. The lowest BCUT2D eigenvalue weighted by atomic mass is 9.80. The van der Waals surface area contributed by atoms with E-state index in [0.717, 1.165) is 0 Å². The summed E-state index contributed by atoms with van der Waals surface area (Å²) in [6, 6.07) is 0. The van der Waals surface area contributed by atoms with E-state index in [1.165, 1.54) is 20.8 Å². The van der Waals surface area contributed by atoms with E-state index in [2.05, 4.69) is 0 Å². The third-order valence-electron chi connectivity index (χ3n) is 4.55. The molecule has 7 heteroatoms. The van der Waals surface area contributed by atoms with Gasteiger partial charge in [0.15, 0.2) is 17.3 Å². The average Bonchev–Trinajstić information content (AvgIpc) is 2.83. The summed E-state index contributed by atoms with van der Waals surface area (Å²) in [5.41, 5.74) is -0.247. The van der Waals surface area contributed by atoms with Crippen LogP contribution < -0.4 is 4.74 Å². The van der Waals surface area contributed by atoms with Gasteiger partial charge in [-0.2, -0.15) is 0 Å². The highest BCUT2D eigenvalue weighted by atomic mass is 16.5. The van der Waals surface area contributed by atoms with Crippen molar-refractivity contribution in [2.24, 2.45) is 0 Å². The Labute approximate surface area is 137 Å². The van der Waals surface area contributed by atoms with Gasteiger partial charge in [0.1, 0.15) is 34.7 Å². The molecule has 0 saturated carbocycles. The zero-order valence-electron chi connectivity index (χ0n) is 13.3. The fraction of sp³-hybridized carbons (Fsp3) is 0.353. The van der Waals surface area contributed by atoms with Gasteiger partial charge in [0.2, 0.25) is 0 Å². The second-order valence-corrected chi connectivity index (χ2v) is 6.07. The van der Waals surface area contributed by atoms with Gasteiger partial charge in [-0.25, -0.2) is 0 Å². The van der Waals surface area contributed by atoms with Crippen LogP contribution in [0.1, 0.15) is 47.7 Å². The predicted octanol–water partition coefficient (Wildman–Crippen LogP) is 1.83. The molecule has 0 radical (unpaired) electrons. The van der Waals surface area contributed by atoms with Crippen molar-refractivity contribution in [1.82, 2.24) is 0 Å². The van der Waals surface area contributed by atoms with Crippen molar-refractivity contribution in [3.63, 3.8) is 0 Å². The molecule has 1 heterocycles. The van der Waals surface area contributed by atoms with Gasteiger partial charge < -0.3 is 20.1 Å². The van der Waals surface area contributed by atoms with Crippen LogP contribution in [0.3, 0.4) is 0 Å². The Hall–Kier alpha value is -2.83. The highest BCUT2D eigenvalue weighted by Gasteiger charge is 2.49. The maximum Gasteiger partial charge on any atom is 0.173 e. The number of phenolic OH excluding ortho intramolecular Hbond substituents is 2. The SMILES string of the molecule is CC(=O)C1=C(O)C2c3c(O)c(C)c(O)c(C(C)=O)c3OC2CC1=O. The van der Waals surface area contributed by atoms with Crippen molar-refractivity contribution in [2.45, 2.75) is 39.2 Å². The van der Waals surface area contributed by atoms with E-state index in [4.69, 9.17) is 4.74 Å². The number of carbonyl (C=O) groups excluding carboxylic acids is 3. The smallest absolute Gasteiger partial charge is 0.173 e. The van der Waals surface area contributed by atoms with Crippen molar-refractivity contribution in [2.75, 3.05) is 0 Å². The summed E-state index contributed by atoms with van der Waals surface area (Å²) in [5, 5.41) is 31.0. The number of phenols is 2. The summed E-state index contributed by atoms with van der Waals surface area (Å²) in [5.74, 6) is -3.81. The second-order valence-electron chi connectivity index (χ2n) is 6.07. The number of rotatable bonds is 2. The van der Waals surface area contributed by atoms with Crippen molar-refractivity contribution in [3.8, 4) is 17.2 Å². The molecule has 126 valence electrons. The minimum Gasteiger partial charge on any atom is -0.511 e. The van der Waals surface area contributed by atoms with Gasteiger partial charge >= 0.3 is 0 Å². The number of benzene rings is 1. The number of ketones is 3. The standard InChI is InChI=1S/C17H16O7/c1-5-14(21)11(7(3)19)17-13(15(5)22)12-9(24-17)4-8(20)10(6(2)18)16(12)23/h9,12,21-23H,4H2,1-3H3. The Morgan fingerprint density at radius 2 is 1.71 bits per heavy atom. The first-order valence-electron chi connectivity index (χ1n) is 7.40. The number of aromatic hydroxyl groups is 2. The molecule has 0 amide bonds. The molecule has 1 aliphatic carbocycles. The van der Waals surface area contributed by atoms with E-state index < -0.39 is 40.9 Å². The van der Waals surface area contributed by atoms with Crippen molar-refractivity contribution >= 4 is 17.3 Å². The summed E-state index contributed by atoms with van der Waals surface area (Å²) in [7, 11) is 0. The number of ether oxygens (including phenoxy) is 1. The van der Waals surface area contributed by atoms with Gasteiger partial charge in [-0.1, -0.05) is 0 Å². The van der Waals surface area contributed by atoms with E-state index in [1.807, 2.05) is 0 Å². The largest absolute Gasteiger partial charge is 0.511 e. The Balaban J connectivity index is 2.33. The maximum atomic E-state index is 12.1. The number of Topliss-reactive ketones (excluding diaryl/α,β-unsaturated/α-hetero) is 3. The molecular formula is C17H16O7. The normalized spacial score (nSPS) is 22.0. The van der Waals surface area contributed by atoms with Crippen LogP contribution in [0.2, 0.25) is 0 Å². The molecule has 0 aromatic heterocycles. The van der Waals surface area contributed by atoms with Crippen LogP contribution in [-0.4, -0.2) is 38.8 Å². The average molecular weight is 332 g/mol. The molecule has 1 aromatic rings. The summed E-state index contributed by atoms with van der Waals surface area (Å²) < 4.78 is 5.62. The number of carbonyl (C=O) groups is 3. The molecule has 2 aliphatic rings.